The molecule has 0 spiro atoms. The molecular formula is C20H26N4O3S. The van der Waals surface area contributed by atoms with E-state index < -0.39 is 0 Å². The molecular weight excluding hydrogens is 376 g/mol. The molecule has 1 aromatic heterocycles. The number of thiazole rings is 1. The minimum atomic E-state index is -0.254. The first-order valence-electron chi connectivity index (χ1n) is 10.1. The fourth-order valence-electron chi connectivity index (χ4n) is 3.82. The number of aromatic nitrogens is 1. The molecule has 7 nitrogen and oxygen atoms in total. The Morgan fingerprint density at radius 2 is 1.96 bits per heavy atom. The van der Waals surface area contributed by atoms with Crippen molar-refractivity contribution in [1.82, 2.24) is 10.3 Å². The third-order valence-corrected chi connectivity index (χ3v) is 6.32. The lowest BCUT2D eigenvalue weighted by Gasteiger charge is -2.19. The average molecular weight is 403 g/mol. The molecule has 0 bridgehead atoms. The molecule has 3 N–H and O–H groups in total. The predicted octanol–water partition coefficient (Wildman–Crippen LogP) is 4.12. The molecule has 2 aliphatic rings. The maximum atomic E-state index is 12.4. The Morgan fingerprint density at radius 3 is 2.75 bits per heavy atom. The smallest absolute Gasteiger partial charge is 0.319 e. The lowest BCUT2D eigenvalue weighted by Crippen LogP contribution is -2.34. The van der Waals surface area contributed by atoms with Gasteiger partial charge in [-0.3, -0.25) is 4.79 Å². The van der Waals surface area contributed by atoms with Crippen molar-refractivity contribution in [3.05, 3.63) is 18.2 Å². The summed E-state index contributed by atoms with van der Waals surface area (Å²) in [6, 6.07) is 5.34. The largest absolute Gasteiger partial charge is 0.376 e. The van der Waals surface area contributed by atoms with Gasteiger partial charge < -0.3 is 20.7 Å². The molecule has 2 aromatic rings. The molecule has 1 aliphatic heterocycles. The summed E-state index contributed by atoms with van der Waals surface area (Å²) >= 11 is 1.46. The van der Waals surface area contributed by atoms with Gasteiger partial charge >= 0.3 is 6.03 Å². The number of hydrogen-bond acceptors (Lipinski definition) is 5. The number of nitrogens with one attached hydrogen (secondary N) is 3. The number of urea groups is 1. The lowest BCUT2D eigenvalue weighted by atomic mass is 9.89. The van der Waals surface area contributed by atoms with Crippen molar-refractivity contribution in [3.8, 4) is 0 Å². The maximum Gasteiger partial charge on any atom is 0.319 e. The molecule has 3 amide bonds. The van der Waals surface area contributed by atoms with Gasteiger partial charge in [-0.05, 0) is 43.9 Å². The summed E-state index contributed by atoms with van der Waals surface area (Å²) in [6.45, 7) is 1.29. The number of rotatable bonds is 5. The minimum Gasteiger partial charge on any atom is -0.376 e. The Hall–Kier alpha value is -2.19. The van der Waals surface area contributed by atoms with Gasteiger partial charge in [-0.15, -0.1) is 0 Å². The van der Waals surface area contributed by atoms with E-state index in [9.17, 15) is 9.59 Å². The van der Waals surface area contributed by atoms with Gasteiger partial charge in [0, 0.05) is 24.8 Å². The first kappa shape index (κ1) is 19.1. The van der Waals surface area contributed by atoms with E-state index >= 15 is 0 Å². The van der Waals surface area contributed by atoms with Crippen LogP contribution in [0.4, 0.5) is 15.6 Å². The number of carbonyl (C=O) groups excluding carboxylic acids is 2. The lowest BCUT2D eigenvalue weighted by molar-refractivity contribution is -0.120. The van der Waals surface area contributed by atoms with Gasteiger partial charge in [-0.1, -0.05) is 30.6 Å². The van der Waals surface area contributed by atoms with E-state index in [1.54, 1.807) is 0 Å². The second-order valence-electron chi connectivity index (χ2n) is 7.50. The molecule has 28 heavy (non-hydrogen) atoms. The van der Waals surface area contributed by atoms with Crippen LogP contribution >= 0.6 is 11.3 Å². The van der Waals surface area contributed by atoms with Crippen molar-refractivity contribution in [2.45, 2.75) is 51.0 Å². The van der Waals surface area contributed by atoms with E-state index in [2.05, 4.69) is 20.9 Å². The van der Waals surface area contributed by atoms with Crippen molar-refractivity contribution < 1.29 is 14.3 Å². The fourth-order valence-corrected chi connectivity index (χ4v) is 4.67. The molecule has 1 atom stereocenters. The molecule has 1 saturated heterocycles. The first-order chi connectivity index (χ1) is 13.7. The van der Waals surface area contributed by atoms with Crippen LogP contribution < -0.4 is 16.0 Å². The summed E-state index contributed by atoms with van der Waals surface area (Å²) in [5.41, 5.74) is 1.44. The molecule has 4 rings (SSSR count). The van der Waals surface area contributed by atoms with Crippen molar-refractivity contribution >= 4 is 44.3 Å². The van der Waals surface area contributed by atoms with Crippen LogP contribution in [0.1, 0.15) is 44.9 Å². The molecule has 8 heteroatoms. The average Bonchev–Trinajstić information content (AvgIpc) is 3.36. The zero-order valence-electron chi connectivity index (χ0n) is 15.8. The topological polar surface area (TPSA) is 92.4 Å². The molecule has 1 aromatic carbocycles. The Bertz CT molecular complexity index is 841. The number of nitrogens with zero attached hydrogens (tertiary/aromatic N) is 1. The quantitative estimate of drug-likeness (QED) is 0.702. The summed E-state index contributed by atoms with van der Waals surface area (Å²) < 4.78 is 6.48. The summed E-state index contributed by atoms with van der Waals surface area (Å²) in [7, 11) is 0. The van der Waals surface area contributed by atoms with Gasteiger partial charge in [0.2, 0.25) is 5.91 Å². The Morgan fingerprint density at radius 1 is 1.11 bits per heavy atom. The highest BCUT2D eigenvalue weighted by atomic mass is 32.1. The van der Waals surface area contributed by atoms with Crippen LogP contribution in [0, 0.1) is 5.92 Å². The molecule has 150 valence electrons. The Labute approximate surface area is 168 Å². The number of carbonyl (C=O) groups is 2. The summed E-state index contributed by atoms with van der Waals surface area (Å²) in [5, 5.41) is 9.25. The summed E-state index contributed by atoms with van der Waals surface area (Å²) in [6.07, 6.45) is 7.56. The van der Waals surface area contributed by atoms with Crippen LogP contribution in [0.15, 0.2) is 18.2 Å². The van der Waals surface area contributed by atoms with Gasteiger partial charge in [0.05, 0.1) is 16.3 Å². The van der Waals surface area contributed by atoms with Gasteiger partial charge in [0.15, 0.2) is 5.13 Å². The number of fused-ring (bicyclic) bond motifs is 1. The van der Waals surface area contributed by atoms with E-state index in [0.717, 1.165) is 55.3 Å². The van der Waals surface area contributed by atoms with E-state index in [1.807, 2.05) is 18.2 Å². The normalized spacial score (nSPS) is 20.2. The monoisotopic (exact) mass is 402 g/mol. The molecule has 0 radical (unpaired) electrons. The molecule has 1 aliphatic carbocycles. The molecule has 1 saturated carbocycles. The van der Waals surface area contributed by atoms with Crippen LogP contribution in [0.5, 0.6) is 0 Å². The standard InChI is InChI=1S/C20H26N4O3S/c25-18(13-5-2-1-3-6-13)24-20-23-16-11-14(8-9-17(16)28-20)22-19(26)21-12-15-7-4-10-27-15/h8-9,11,13,15H,1-7,10,12H2,(H2,21,22,26)(H,23,24,25)/t15-/m1/s1. The minimum absolute atomic E-state index is 0.0746. The number of amides is 3. The van der Waals surface area contributed by atoms with Crippen LogP contribution in [0.3, 0.4) is 0 Å². The highest BCUT2D eigenvalue weighted by Crippen LogP contribution is 2.30. The van der Waals surface area contributed by atoms with Crippen molar-refractivity contribution in [2.75, 3.05) is 23.8 Å². The highest BCUT2D eigenvalue weighted by Gasteiger charge is 2.22. The van der Waals surface area contributed by atoms with Crippen molar-refractivity contribution in [2.24, 2.45) is 5.92 Å². The van der Waals surface area contributed by atoms with E-state index in [1.165, 1.54) is 17.8 Å². The predicted molar refractivity (Wildman–Crippen MR) is 111 cm³/mol. The van der Waals surface area contributed by atoms with Gasteiger partial charge in [0.25, 0.3) is 0 Å². The highest BCUT2D eigenvalue weighted by molar-refractivity contribution is 7.22. The molecule has 0 unspecified atom stereocenters. The maximum absolute atomic E-state index is 12.4. The third-order valence-electron chi connectivity index (χ3n) is 5.37. The number of benzene rings is 1. The van der Waals surface area contributed by atoms with Gasteiger partial charge in [-0.2, -0.15) is 0 Å². The first-order valence-corrected chi connectivity index (χ1v) is 10.9. The Kier molecular flexibility index (Phi) is 6.07. The Balaban J connectivity index is 1.34. The molecule has 2 fully saturated rings. The van der Waals surface area contributed by atoms with Crippen LogP contribution in [-0.4, -0.2) is 36.2 Å². The second-order valence-corrected chi connectivity index (χ2v) is 8.53. The van der Waals surface area contributed by atoms with Crippen molar-refractivity contribution in [3.63, 3.8) is 0 Å². The summed E-state index contributed by atoms with van der Waals surface area (Å²) in [4.78, 5) is 29.0. The molecule has 2 heterocycles. The van der Waals surface area contributed by atoms with Crippen molar-refractivity contribution in [1.29, 1.82) is 0 Å². The van der Waals surface area contributed by atoms with E-state index in [-0.39, 0.29) is 24.0 Å². The zero-order valence-corrected chi connectivity index (χ0v) is 16.6. The van der Waals surface area contributed by atoms with Gasteiger partial charge in [0.1, 0.15) is 0 Å². The number of anilines is 2. The van der Waals surface area contributed by atoms with Crippen LogP contribution in [-0.2, 0) is 9.53 Å². The van der Waals surface area contributed by atoms with Crippen LogP contribution in [0.25, 0.3) is 10.2 Å². The van der Waals surface area contributed by atoms with E-state index in [0.29, 0.717) is 17.4 Å². The SMILES string of the molecule is O=C(NC[C@H]1CCCO1)Nc1ccc2sc(NC(=O)C3CCCCC3)nc2c1. The zero-order chi connectivity index (χ0) is 19.3. The van der Waals surface area contributed by atoms with Crippen LogP contribution in [0.2, 0.25) is 0 Å². The third kappa shape index (κ3) is 4.80. The number of hydrogen-bond donors (Lipinski definition) is 3. The fraction of sp³-hybridized carbons (Fsp3) is 0.550. The summed E-state index contributed by atoms with van der Waals surface area (Å²) in [5.74, 6) is 0.177. The number of ether oxygens (including phenoxy) is 1. The second kappa shape index (κ2) is 8.87. The van der Waals surface area contributed by atoms with Gasteiger partial charge in [-0.25, -0.2) is 9.78 Å². The van der Waals surface area contributed by atoms with E-state index in [4.69, 9.17) is 4.74 Å².